The molecule has 168 valence electrons. The number of para-hydroxylation sites is 1. The van der Waals surface area contributed by atoms with Crippen LogP contribution in [0.3, 0.4) is 0 Å². The predicted molar refractivity (Wildman–Crippen MR) is 117 cm³/mol. The molecule has 2 N–H and O–H groups in total. The second kappa shape index (κ2) is 9.04. The molecule has 0 bridgehead atoms. The molecular weight excluding hydrogens is 441 g/mol. The van der Waals surface area contributed by atoms with Gasteiger partial charge in [-0.2, -0.15) is 13.2 Å². The Kier molecular flexibility index (Phi) is 6.59. The monoisotopic (exact) mass is 462 g/mol. The van der Waals surface area contributed by atoms with E-state index in [2.05, 4.69) is 10.0 Å². The Morgan fingerprint density at radius 1 is 0.906 bits per heavy atom. The van der Waals surface area contributed by atoms with Crippen LogP contribution in [0.1, 0.15) is 22.3 Å². The maximum absolute atomic E-state index is 12.8. The number of hydrogen-bond acceptors (Lipinski definition) is 3. The molecule has 32 heavy (non-hydrogen) atoms. The van der Waals surface area contributed by atoms with E-state index in [0.717, 1.165) is 23.3 Å². The number of alkyl halides is 3. The number of aryl methyl sites for hydroxylation is 2. The summed E-state index contributed by atoms with van der Waals surface area (Å²) in [7, 11) is -3.84. The quantitative estimate of drug-likeness (QED) is 0.522. The van der Waals surface area contributed by atoms with Crippen LogP contribution in [0.4, 0.5) is 24.5 Å². The Labute approximate surface area is 184 Å². The maximum Gasteiger partial charge on any atom is 0.416 e. The van der Waals surface area contributed by atoms with Crippen LogP contribution < -0.4 is 10.0 Å². The third-order valence-electron chi connectivity index (χ3n) is 4.78. The van der Waals surface area contributed by atoms with Crippen LogP contribution in [0.15, 0.2) is 71.6 Å². The van der Waals surface area contributed by atoms with Crippen LogP contribution in [0.5, 0.6) is 0 Å². The van der Waals surface area contributed by atoms with Gasteiger partial charge in [-0.1, -0.05) is 36.4 Å². The standard InChI is InChI=1S/C23H21F3N2O3S/c1-15-5-3-6-16(2)22(15)28-32(30,31)20-11-9-19(10-12-20)27-21(29)14-17-7-4-8-18(13-17)23(24,25)26/h3-13,28H,14H2,1-2H3,(H,27,29). The van der Waals surface area contributed by atoms with Gasteiger partial charge in [0, 0.05) is 5.69 Å². The highest BCUT2D eigenvalue weighted by molar-refractivity contribution is 7.92. The highest BCUT2D eigenvalue weighted by Crippen LogP contribution is 2.29. The van der Waals surface area contributed by atoms with Crippen molar-refractivity contribution in [1.82, 2.24) is 0 Å². The van der Waals surface area contributed by atoms with Crippen LogP contribution in [0, 0.1) is 13.8 Å². The van der Waals surface area contributed by atoms with Crippen LogP contribution >= 0.6 is 0 Å². The number of benzene rings is 3. The van der Waals surface area contributed by atoms with E-state index >= 15 is 0 Å². The van der Waals surface area contributed by atoms with Crippen LogP contribution in [0.2, 0.25) is 0 Å². The van der Waals surface area contributed by atoms with Crippen molar-refractivity contribution in [1.29, 1.82) is 0 Å². The van der Waals surface area contributed by atoms with Crippen LogP contribution in [-0.2, 0) is 27.4 Å². The highest BCUT2D eigenvalue weighted by Gasteiger charge is 2.30. The Balaban J connectivity index is 1.69. The molecule has 0 radical (unpaired) electrons. The molecule has 3 aromatic rings. The molecular formula is C23H21F3N2O3S. The molecule has 9 heteroatoms. The number of nitrogens with one attached hydrogen (secondary N) is 2. The third-order valence-corrected chi connectivity index (χ3v) is 6.15. The predicted octanol–water partition coefficient (Wildman–Crippen LogP) is 5.30. The van der Waals surface area contributed by atoms with Gasteiger partial charge in [0.15, 0.2) is 0 Å². The molecule has 1 amide bonds. The van der Waals surface area contributed by atoms with E-state index in [1.54, 1.807) is 26.0 Å². The lowest BCUT2D eigenvalue weighted by molar-refractivity contribution is -0.137. The first kappa shape index (κ1) is 23.3. The van der Waals surface area contributed by atoms with Gasteiger partial charge < -0.3 is 5.32 Å². The number of anilines is 2. The average Bonchev–Trinajstić information content (AvgIpc) is 2.71. The fraction of sp³-hybridized carbons (Fsp3) is 0.174. The fourth-order valence-electron chi connectivity index (χ4n) is 3.13. The van der Waals surface area contributed by atoms with Gasteiger partial charge in [0.1, 0.15) is 0 Å². The number of sulfonamides is 1. The zero-order valence-corrected chi connectivity index (χ0v) is 18.1. The van der Waals surface area contributed by atoms with Crippen molar-refractivity contribution in [2.75, 3.05) is 10.0 Å². The molecule has 0 spiro atoms. The fourth-order valence-corrected chi connectivity index (χ4v) is 4.34. The van der Waals surface area contributed by atoms with Crippen molar-refractivity contribution in [2.24, 2.45) is 0 Å². The van der Waals surface area contributed by atoms with E-state index in [0.29, 0.717) is 11.4 Å². The Hall–Kier alpha value is -3.33. The molecule has 0 aliphatic rings. The van der Waals surface area contributed by atoms with Gasteiger partial charge in [-0.15, -0.1) is 0 Å². The lowest BCUT2D eigenvalue weighted by Gasteiger charge is -2.13. The number of carbonyl (C=O) groups is 1. The summed E-state index contributed by atoms with van der Waals surface area (Å²) in [4.78, 5) is 12.2. The lowest BCUT2D eigenvalue weighted by atomic mass is 10.1. The summed E-state index contributed by atoms with van der Waals surface area (Å²) in [5.74, 6) is -0.520. The summed E-state index contributed by atoms with van der Waals surface area (Å²) in [5.41, 5.74) is 1.79. The Bertz CT molecular complexity index is 1220. The molecule has 0 aliphatic carbocycles. The summed E-state index contributed by atoms with van der Waals surface area (Å²) >= 11 is 0. The molecule has 0 atom stereocenters. The van der Waals surface area contributed by atoms with Gasteiger partial charge in [0.05, 0.1) is 22.6 Å². The zero-order chi connectivity index (χ0) is 23.5. The van der Waals surface area contributed by atoms with E-state index < -0.39 is 27.7 Å². The van der Waals surface area contributed by atoms with E-state index in [1.807, 2.05) is 6.07 Å². The Morgan fingerprint density at radius 3 is 2.09 bits per heavy atom. The van der Waals surface area contributed by atoms with Gasteiger partial charge in [-0.3, -0.25) is 9.52 Å². The summed E-state index contributed by atoms with van der Waals surface area (Å²) in [6, 6.07) is 15.5. The maximum atomic E-state index is 12.8. The smallest absolute Gasteiger partial charge is 0.326 e. The zero-order valence-electron chi connectivity index (χ0n) is 17.3. The second-order valence-corrected chi connectivity index (χ2v) is 9.00. The molecule has 5 nitrogen and oxygen atoms in total. The number of rotatable bonds is 6. The summed E-state index contributed by atoms with van der Waals surface area (Å²) < 4.78 is 66.4. The topological polar surface area (TPSA) is 75.3 Å². The number of hydrogen-bond donors (Lipinski definition) is 2. The van der Waals surface area contributed by atoms with Crippen molar-refractivity contribution in [3.05, 3.63) is 89.0 Å². The second-order valence-electron chi connectivity index (χ2n) is 7.32. The van der Waals surface area contributed by atoms with Gasteiger partial charge in [-0.25, -0.2) is 8.42 Å². The third kappa shape index (κ3) is 5.67. The minimum atomic E-state index is -4.49. The molecule has 0 saturated heterocycles. The first-order valence-electron chi connectivity index (χ1n) is 9.61. The van der Waals surface area contributed by atoms with E-state index in [4.69, 9.17) is 0 Å². The van der Waals surface area contributed by atoms with E-state index in [-0.39, 0.29) is 16.9 Å². The van der Waals surface area contributed by atoms with Crippen molar-refractivity contribution in [3.8, 4) is 0 Å². The number of carbonyl (C=O) groups excluding carboxylic acids is 1. The summed E-state index contributed by atoms with van der Waals surface area (Å²) in [6.45, 7) is 3.60. The average molecular weight is 462 g/mol. The first-order chi connectivity index (χ1) is 15.0. The van der Waals surface area contributed by atoms with E-state index in [9.17, 15) is 26.4 Å². The summed E-state index contributed by atoms with van der Waals surface area (Å²) in [6.07, 6.45) is -4.74. The molecule has 0 unspecified atom stereocenters. The molecule has 0 saturated carbocycles. The first-order valence-corrected chi connectivity index (χ1v) is 11.1. The van der Waals surface area contributed by atoms with Gasteiger partial charge in [0.2, 0.25) is 5.91 Å². The molecule has 0 aromatic heterocycles. The molecule has 3 aromatic carbocycles. The van der Waals surface area contributed by atoms with Crippen LogP contribution in [0.25, 0.3) is 0 Å². The lowest BCUT2D eigenvalue weighted by Crippen LogP contribution is -2.16. The van der Waals surface area contributed by atoms with E-state index in [1.165, 1.54) is 36.4 Å². The van der Waals surface area contributed by atoms with Gasteiger partial charge in [-0.05, 0) is 60.9 Å². The Morgan fingerprint density at radius 2 is 1.50 bits per heavy atom. The molecule has 0 fully saturated rings. The van der Waals surface area contributed by atoms with Crippen molar-refractivity contribution >= 4 is 27.3 Å². The SMILES string of the molecule is Cc1cccc(C)c1NS(=O)(=O)c1ccc(NC(=O)Cc2cccc(C(F)(F)F)c2)cc1. The summed E-state index contributed by atoms with van der Waals surface area (Å²) in [5, 5.41) is 2.56. The number of halogens is 3. The largest absolute Gasteiger partial charge is 0.416 e. The van der Waals surface area contributed by atoms with Crippen molar-refractivity contribution in [2.45, 2.75) is 31.3 Å². The van der Waals surface area contributed by atoms with Crippen molar-refractivity contribution in [3.63, 3.8) is 0 Å². The van der Waals surface area contributed by atoms with Gasteiger partial charge >= 0.3 is 6.18 Å². The molecule has 0 aliphatic heterocycles. The molecule has 3 rings (SSSR count). The van der Waals surface area contributed by atoms with Crippen molar-refractivity contribution < 1.29 is 26.4 Å². The minimum Gasteiger partial charge on any atom is -0.326 e. The van der Waals surface area contributed by atoms with Gasteiger partial charge in [0.25, 0.3) is 10.0 Å². The van der Waals surface area contributed by atoms with Crippen LogP contribution in [-0.4, -0.2) is 14.3 Å². The normalized spacial score (nSPS) is 11.8. The number of amides is 1. The molecule has 0 heterocycles. The minimum absolute atomic E-state index is 0.0102. The highest BCUT2D eigenvalue weighted by atomic mass is 32.2.